The summed E-state index contributed by atoms with van der Waals surface area (Å²) in [6.45, 7) is 6.79. The lowest BCUT2D eigenvalue weighted by Crippen LogP contribution is -2.65. The molecule has 0 N–H and O–H groups in total. The van der Waals surface area contributed by atoms with Crippen LogP contribution in [0.2, 0.25) is 19.6 Å². The molecule has 0 aromatic heterocycles. The van der Waals surface area contributed by atoms with Crippen LogP contribution in [0.25, 0.3) is 0 Å². The molecule has 0 amide bonds. The maximum absolute atomic E-state index is 7.04. The fourth-order valence-electron chi connectivity index (χ4n) is 4.32. The zero-order valence-electron chi connectivity index (χ0n) is 18.9. The third kappa shape index (κ3) is 4.77. The summed E-state index contributed by atoms with van der Waals surface area (Å²) >= 11 is 0. The lowest BCUT2D eigenvalue weighted by molar-refractivity contribution is 0.439. The molecule has 0 fully saturated rings. The van der Waals surface area contributed by atoms with Gasteiger partial charge in [0.1, 0.15) is 0 Å². The minimum atomic E-state index is -2.41. The standard InChI is InChI=1S/C27H30O2Si3/c1-30(28-31(2,24-16-8-4-9-17-24)25-18-10-5-11-19-25)29-32(3,26-20-12-6-13-21-26)27-22-14-7-15-23-27/h4-23,30H,1-3H3. The van der Waals surface area contributed by atoms with Gasteiger partial charge < -0.3 is 8.23 Å². The molecule has 0 radical (unpaired) electrons. The normalized spacial score (nSPS) is 12.1. The van der Waals surface area contributed by atoms with Crippen molar-refractivity contribution in [1.29, 1.82) is 0 Å². The first-order chi connectivity index (χ1) is 15.5. The molecular formula is C27H30O2Si3. The van der Waals surface area contributed by atoms with Gasteiger partial charge in [-0.1, -0.05) is 121 Å². The first kappa shape index (κ1) is 22.6. The maximum Gasteiger partial charge on any atom is 0.298 e. The molecule has 0 heterocycles. The monoisotopic (exact) mass is 470 g/mol. The van der Waals surface area contributed by atoms with Gasteiger partial charge in [-0.15, -0.1) is 0 Å². The molecule has 0 unspecified atom stereocenters. The Morgan fingerprint density at radius 2 is 0.656 bits per heavy atom. The third-order valence-electron chi connectivity index (χ3n) is 6.10. The summed E-state index contributed by atoms with van der Waals surface area (Å²) in [5.74, 6) is 0. The van der Waals surface area contributed by atoms with Crippen LogP contribution in [0.3, 0.4) is 0 Å². The lowest BCUT2D eigenvalue weighted by atomic mass is 10.4. The smallest absolute Gasteiger partial charge is 0.298 e. The second-order valence-corrected chi connectivity index (χ2v) is 17.8. The number of hydrogen-bond donors (Lipinski definition) is 0. The van der Waals surface area contributed by atoms with Gasteiger partial charge in [-0.2, -0.15) is 0 Å². The van der Waals surface area contributed by atoms with Crippen LogP contribution < -0.4 is 20.7 Å². The van der Waals surface area contributed by atoms with E-state index in [1.807, 2.05) is 0 Å². The first-order valence-corrected chi connectivity index (χ1v) is 18.0. The molecule has 32 heavy (non-hydrogen) atoms. The van der Waals surface area contributed by atoms with Gasteiger partial charge in [0.05, 0.1) is 0 Å². The molecule has 4 rings (SSSR count). The molecule has 4 aromatic carbocycles. The predicted octanol–water partition coefficient (Wildman–Crippen LogP) is 3.65. The number of benzene rings is 4. The quantitative estimate of drug-likeness (QED) is 0.366. The van der Waals surface area contributed by atoms with E-state index in [4.69, 9.17) is 8.23 Å². The number of rotatable bonds is 8. The fraction of sp³-hybridized carbons (Fsp3) is 0.111. The van der Waals surface area contributed by atoms with E-state index in [-0.39, 0.29) is 0 Å². The molecular weight excluding hydrogens is 441 g/mol. The Balaban J connectivity index is 1.69. The first-order valence-electron chi connectivity index (χ1n) is 11.1. The summed E-state index contributed by atoms with van der Waals surface area (Å²) in [6.07, 6.45) is 0. The summed E-state index contributed by atoms with van der Waals surface area (Å²) in [4.78, 5) is 0. The van der Waals surface area contributed by atoms with Crippen LogP contribution in [0.1, 0.15) is 0 Å². The molecule has 4 aromatic rings. The Morgan fingerprint density at radius 1 is 0.438 bits per heavy atom. The summed E-state index contributed by atoms with van der Waals surface area (Å²) in [5.41, 5.74) is 0. The molecule has 5 heteroatoms. The molecule has 0 atom stereocenters. The third-order valence-corrected chi connectivity index (χ3v) is 18.3. The van der Waals surface area contributed by atoms with Crippen molar-refractivity contribution in [3.05, 3.63) is 121 Å². The fourth-order valence-corrected chi connectivity index (χ4v) is 16.4. The van der Waals surface area contributed by atoms with Gasteiger partial charge in [-0.25, -0.2) is 0 Å². The van der Waals surface area contributed by atoms with Gasteiger partial charge in [0.15, 0.2) is 0 Å². The van der Waals surface area contributed by atoms with Crippen molar-refractivity contribution >= 4 is 46.7 Å². The largest absolute Gasteiger partial charge is 0.431 e. The zero-order valence-corrected chi connectivity index (χ0v) is 22.1. The van der Waals surface area contributed by atoms with E-state index in [0.29, 0.717) is 0 Å². The molecule has 0 aliphatic carbocycles. The van der Waals surface area contributed by atoms with Gasteiger partial charge >= 0.3 is 0 Å². The van der Waals surface area contributed by atoms with Crippen LogP contribution in [0.4, 0.5) is 0 Å². The van der Waals surface area contributed by atoms with Crippen molar-refractivity contribution in [2.75, 3.05) is 0 Å². The summed E-state index contributed by atoms with van der Waals surface area (Å²) < 4.78 is 14.1. The highest BCUT2D eigenvalue weighted by molar-refractivity contribution is 7.02. The summed E-state index contributed by atoms with van der Waals surface area (Å²) in [7, 11) is -6.82. The topological polar surface area (TPSA) is 18.5 Å². The highest BCUT2D eigenvalue weighted by Crippen LogP contribution is 2.15. The van der Waals surface area contributed by atoms with Crippen LogP contribution >= 0.6 is 0 Å². The van der Waals surface area contributed by atoms with Crippen molar-refractivity contribution in [3.63, 3.8) is 0 Å². The Labute approximate surface area is 195 Å². The molecule has 0 saturated heterocycles. The summed E-state index contributed by atoms with van der Waals surface area (Å²) in [5, 5.41) is 5.10. The zero-order chi connectivity index (χ0) is 22.4. The predicted molar refractivity (Wildman–Crippen MR) is 143 cm³/mol. The van der Waals surface area contributed by atoms with Crippen LogP contribution in [-0.4, -0.2) is 25.9 Å². The van der Waals surface area contributed by atoms with E-state index in [0.717, 1.165) is 0 Å². The van der Waals surface area contributed by atoms with Crippen molar-refractivity contribution in [2.45, 2.75) is 19.6 Å². The minimum Gasteiger partial charge on any atom is -0.431 e. The molecule has 0 spiro atoms. The molecule has 0 aliphatic rings. The van der Waals surface area contributed by atoms with Crippen LogP contribution in [0.5, 0.6) is 0 Å². The highest BCUT2D eigenvalue weighted by Gasteiger charge is 2.41. The lowest BCUT2D eigenvalue weighted by Gasteiger charge is -2.36. The van der Waals surface area contributed by atoms with Gasteiger partial charge in [-0.05, 0) is 40.4 Å². The van der Waals surface area contributed by atoms with E-state index in [2.05, 4.69) is 141 Å². The molecule has 162 valence electrons. The van der Waals surface area contributed by atoms with E-state index in [1.54, 1.807) is 0 Å². The van der Waals surface area contributed by atoms with Crippen LogP contribution in [0.15, 0.2) is 121 Å². The minimum absolute atomic E-state index is 1.27. The Hall–Kier alpha value is -2.55. The van der Waals surface area contributed by atoms with Gasteiger partial charge in [0, 0.05) is 0 Å². The highest BCUT2D eigenvalue weighted by atomic mass is 28.4. The SMILES string of the molecule is C[SiH](O[Si](C)(c1ccccc1)c1ccccc1)O[Si](C)(c1ccccc1)c1ccccc1. The van der Waals surface area contributed by atoms with Crippen molar-refractivity contribution in [3.8, 4) is 0 Å². The number of hydrogen-bond acceptors (Lipinski definition) is 2. The van der Waals surface area contributed by atoms with Gasteiger partial charge in [0.2, 0.25) is 16.6 Å². The van der Waals surface area contributed by atoms with Crippen molar-refractivity contribution in [1.82, 2.24) is 0 Å². The van der Waals surface area contributed by atoms with Gasteiger partial charge in [-0.3, -0.25) is 0 Å². The average Bonchev–Trinajstić information content (AvgIpc) is 2.86. The Kier molecular flexibility index (Phi) is 7.03. The average molecular weight is 471 g/mol. The van der Waals surface area contributed by atoms with E-state index >= 15 is 0 Å². The van der Waals surface area contributed by atoms with Crippen molar-refractivity contribution < 1.29 is 8.23 Å². The summed E-state index contributed by atoms with van der Waals surface area (Å²) in [6, 6.07) is 42.7. The molecule has 0 saturated carbocycles. The van der Waals surface area contributed by atoms with Crippen LogP contribution in [-0.2, 0) is 8.23 Å². The van der Waals surface area contributed by atoms with E-state index in [1.165, 1.54) is 20.7 Å². The Bertz CT molecular complexity index is 937. The second-order valence-electron chi connectivity index (χ2n) is 8.33. The molecule has 0 aliphatic heterocycles. The van der Waals surface area contributed by atoms with Gasteiger partial charge in [0.25, 0.3) is 9.28 Å². The van der Waals surface area contributed by atoms with Crippen molar-refractivity contribution in [2.24, 2.45) is 0 Å². The maximum atomic E-state index is 7.04. The molecule has 0 bridgehead atoms. The van der Waals surface area contributed by atoms with E-state index in [9.17, 15) is 0 Å². The molecule has 2 nitrogen and oxygen atoms in total. The van der Waals surface area contributed by atoms with Crippen LogP contribution in [0, 0.1) is 0 Å². The second kappa shape index (κ2) is 9.94. The van der Waals surface area contributed by atoms with E-state index < -0.39 is 25.9 Å². The Morgan fingerprint density at radius 3 is 0.875 bits per heavy atom.